The van der Waals surface area contributed by atoms with Crippen molar-refractivity contribution >= 4 is 16.9 Å². The smallest absolute Gasteiger partial charge is 0.189 e. The van der Waals surface area contributed by atoms with Crippen LogP contribution in [0, 0.1) is 0 Å². The zero-order valence-corrected chi connectivity index (χ0v) is 21.5. The zero-order chi connectivity index (χ0) is 25.0. The first-order chi connectivity index (χ1) is 17.8. The van der Waals surface area contributed by atoms with Crippen molar-refractivity contribution in [3.05, 3.63) is 91.0 Å². The number of hydrogen-bond acceptors (Lipinski definition) is 4. The lowest BCUT2D eigenvalue weighted by molar-refractivity contribution is -0.111. The molecule has 0 fully saturated rings. The van der Waals surface area contributed by atoms with Gasteiger partial charge in [0.15, 0.2) is 5.12 Å². The van der Waals surface area contributed by atoms with Crippen LogP contribution in [-0.4, -0.2) is 32.1 Å². The van der Waals surface area contributed by atoms with Crippen LogP contribution in [-0.2, 0) is 11.3 Å². The Morgan fingerprint density at radius 1 is 0.722 bits per heavy atom. The maximum absolute atomic E-state index is 11.8. The van der Waals surface area contributed by atoms with Gasteiger partial charge in [-0.15, -0.1) is 0 Å². The molecule has 4 rings (SSSR count). The largest absolute Gasteiger partial charge is 0.396 e. The van der Waals surface area contributed by atoms with Gasteiger partial charge in [-0.2, -0.15) is 0 Å². The number of aliphatic hydroxyl groups excluding tert-OH is 1. The molecule has 3 aromatic carbocycles. The van der Waals surface area contributed by atoms with E-state index >= 15 is 0 Å². The van der Waals surface area contributed by atoms with Gasteiger partial charge in [-0.3, -0.25) is 4.79 Å². The van der Waals surface area contributed by atoms with Crippen LogP contribution in [0.25, 0.3) is 33.9 Å². The molecule has 0 radical (unpaired) electrons. The summed E-state index contributed by atoms with van der Waals surface area (Å²) >= 11 is 1.41. The van der Waals surface area contributed by atoms with Gasteiger partial charge in [0.2, 0.25) is 0 Å². The minimum atomic E-state index is 0.0858. The highest BCUT2D eigenvalue weighted by Crippen LogP contribution is 2.36. The van der Waals surface area contributed by atoms with Crippen LogP contribution in [0.1, 0.15) is 38.5 Å². The van der Waals surface area contributed by atoms with E-state index in [1.54, 1.807) is 0 Å². The highest BCUT2D eigenvalue weighted by Gasteiger charge is 2.20. The van der Waals surface area contributed by atoms with Crippen molar-refractivity contribution in [2.75, 3.05) is 12.4 Å². The minimum absolute atomic E-state index is 0.0858. The number of hydrogen-bond donors (Lipinski definition) is 1. The molecule has 0 bridgehead atoms. The molecule has 4 nitrogen and oxygen atoms in total. The van der Waals surface area contributed by atoms with Crippen molar-refractivity contribution in [3.8, 4) is 33.9 Å². The molecule has 0 aliphatic carbocycles. The van der Waals surface area contributed by atoms with Crippen LogP contribution in [0.5, 0.6) is 0 Å². The van der Waals surface area contributed by atoms with Crippen LogP contribution in [0.4, 0.5) is 0 Å². The Kier molecular flexibility index (Phi) is 9.95. The Labute approximate surface area is 218 Å². The second kappa shape index (κ2) is 13.8. The topological polar surface area (TPSA) is 55.1 Å². The molecule has 0 aliphatic rings. The molecular formula is C31H34N2O2S. The van der Waals surface area contributed by atoms with Gasteiger partial charge in [0, 0.05) is 42.0 Å². The Balaban J connectivity index is 1.54. The molecule has 1 heterocycles. The van der Waals surface area contributed by atoms with Gasteiger partial charge in [0.1, 0.15) is 5.82 Å². The molecule has 0 amide bonds. The minimum Gasteiger partial charge on any atom is -0.396 e. The fourth-order valence-corrected chi connectivity index (χ4v) is 5.24. The molecule has 0 saturated heterocycles. The number of thioether (sulfide) groups is 1. The van der Waals surface area contributed by atoms with Crippen LogP contribution in [0.3, 0.4) is 0 Å². The fourth-order valence-electron chi connectivity index (χ4n) is 4.37. The van der Waals surface area contributed by atoms with Gasteiger partial charge in [-0.05, 0) is 19.3 Å². The average Bonchev–Trinajstić information content (AvgIpc) is 3.32. The summed E-state index contributed by atoms with van der Waals surface area (Å²) in [6, 6.07) is 31.4. The molecule has 1 N–H and O–H groups in total. The first-order valence-corrected chi connectivity index (χ1v) is 13.8. The predicted molar refractivity (Wildman–Crippen MR) is 151 cm³/mol. The number of rotatable bonds is 13. The van der Waals surface area contributed by atoms with Crippen molar-refractivity contribution in [2.24, 2.45) is 0 Å². The Morgan fingerprint density at radius 3 is 1.94 bits per heavy atom. The highest BCUT2D eigenvalue weighted by molar-refractivity contribution is 8.13. The first-order valence-electron chi connectivity index (χ1n) is 12.8. The monoisotopic (exact) mass is 498 g/mol. The van der Waals surface area contributed by atoms with Crippen LogP contribution < -0.4 is 0 Å². The van der Waals surface area contributed by atoms with Crippen LogP contribution in [0.2, 0.25) is 0 Å². The van der Waals surface area contributed by atoms with E-state index in [-0.39, 0.29) is 11.7 Å². The Bertz CT molecular complexity index is 1210. The SMILES string of the molecule is O=C(CCCO)SCCCCCCn1c(-c2ccccc2)nc(-c2ccccc2)c1-c1ccccc1. The van der Waals surface area contributed by atoms with Gasteiger partial charge in [-0.25, -0.2) is 4.98 Å². The summed E-state index contributed by atoms with van der Waals surface area (Å²) in [4.78, 5) is 17.0. The van der Waals surface area contributed by atoms with E-state index in [2.05, 4.69) is 83.4 Å². The Hall–Kier alpha value is -3.15. The van der Waals surface area contributed by atoms with Gasteiger partial charge in [0.25, 0.3) is 0 Å². The van der Waals surface area contributed by atoms with E-state index in [0.717, 1.165) is 66.3 Å². The first kappa shape index (κ1) is 25.9. The van der Waals surface area contributed by atoms with Gasteiger partial charge >= 0.3 is 0 Å². The molecule has 0 spiro atoms. The molecular weight excluding hydrogens is 464 g/mol. The molecule has 5 heteroatoms. The molecule has 36 heavy (non-hydrogen) atoms. The van der Waals surface area contributed by atoms with E-state index in [1.165, 1.54) is 17.3 Å². The summed E-state index contributed by atoms with van der Waals surface area (Å²) in [6.45, 7) is 0.972. The number of unbranched alkanes of at least 4 members (excludes halogenated alkanes) is 3. The lowest BCUT2D eigenvalue weighted by Crippen LogP contribution is -2.03. The second-order valence-corrected chi connectivity index (χ2v) is 10.00. The fraction of sp³-hybridized carbons (Fsp3) is 0.290. The van der Waals surface area contributed by atoms with Gasteiger partial charge in [0.05, 0.1) is 11.4 Å². The number of aliphatic hydroxyl groups is 1. The third-order valence-electron chi connectivity index (χ3n) is 6.17. The molecule has 0 aliphatic heterocycles. The van der Waals surface area contributed by atoms with E-state index < -0.39 is 0 Å². The quantitative estimate of drug-likeness (QED) is 0.194. The summed E-state index contributed by atoms with van der Waals surface area (Å²) in [7, 11) is 0. The summed E-state index contributed by atoms with van der Waals surface area (Å²) in [5.41, 5.74) is 5.58. The molecule has 186 valence electrons. The molecule has 1 aromatic heterocycles. The second-order valence-electron chi connectivity index (χ2n) is 8.84. The summed E-state index contributed by atoms with van der Waals surface area (Å²) < 4.78 is 2.39. The number of imidazole rings is 1. The highest BCUT2D eigenvalue weighted by atomic mass is 32.2. The maximum atomic E-state index is 11.8. The third kappa shape index (κ3) is 6.96. The lowest BCUT2D eigenvalue weighted by Gasteiger charge is -2.13. The standard InChI is InChI=1S/C31H34N2O2S/c34-23-14-21-28(35)36-24-13-2-1-12-22-33-30(26-17-8-4-9-18-26)29(25-15-6-3-7-16-25)32-31(33)27-19-10-5-11-20-27/h3-11,15-20,34H,1-2,12-14,21-24H2. The van der Waals surface area contributed by atoms with Gasteiger partial charge in [-0.1, -0.05) is 116 Å². The number of carbonyl (C=O) groups is 1. The number of benzene rings is 3. The van der Waals surface area contributed by atoms with Crippen LogP contribution in [0.15, 0.2) is 91.0 Å². The zero-order valence-electron chi connectivity index (χ0n) is 20.7. The van der Waals surface area contributed by atoms with Crippen molar-refractivity contribution in [1.82, 2.24) is 9.55 Å². The number of nitrogens with zero attached hydrogens (tertiary/aromatic N) is 2. The Morgan fingerprint density at radius 2 is 1.31 bits per heavy atom. The lowest BCUT2D eigenvalue weighted by atomic mass is 10.0. The molecule has 0 atom stereocenters. The van der Waals surface area contributed by atoms with E-state index in [9.17, 15) is 4.79 Å². The number of carbonyl (C=O) groups excluding carboxylic acids is 1. The third-order valence-corrected chi connectivity index (χ3v) is 7.19. The summed E-state index contributed by atoms with van der Waals surface area (Å²) in [5, 5.41) is 9.05. The van der Waals surface area contributed by atoms with E-state index in [0.29, 0.717) is 12.8 Å². The van der Waals surface area contributed by atoms with E-state index in [4.69, 9.17) is 10.1 Å². The van der Waals surface area contributed by atoms with Gasteiger partial charge < -0.3 is 9.67 Å². The van der Waals surface area contributed by atoms with Crippen molar-refractivity contribution in [2.45, 2.75) is 45.1 Å². The predicted octanol–water partition coefficient (Wildman–Crippen LogP) is 7.48. The molecule has 4 aromatic rings. The maximum Gasteiger partial charge on any atom is 0.189 e. The average molecular weight is 499 g/mol. The molecule has 0 saturated carbocycles. The molecule has 0 unspecified atom stereocenters. The summed E-state index contributed by atoms with van der Waals surface area (Å²) in [6.07, 6.45) is 5.32. The van der Waals surface area contributed by atoms with E-state index in [1.807, 2.05) is 12.1 Å². The normalized spacial score (nSPS) is 11.0. The van der Waals surface area contributed by atoms with Crippen molar-refractivity contribution < 1.29 is 9.90 Å². The van der Waals surface area contributed by atoms with Crippen molar-refractivity contribution in [1.29, 1.82) is 0 Å². The van der Waals surface area contributed by atoms with Crippen molar-refractivity contribution in [3.63, 3.8) is 0 Å². The summed E-state index contributed by atoms with van der Waals surface area (Å²) in [5.74, 6) is 1.86. The number of aromatic nitrogens is 2. The van der Waals surface area contributed by atoms with Crippen LogP contribution >= 0.6 is 11.8 Å².